The zero-order valence-electron chi connectivity index (χ0n) is 19.3. The molecule has 0 spiro atoms. The Bertz CT molecular complexity index is 588. The van der Waals surface area contributed by atoms with E-state index in [0.29, 0.717) is 17.2 Å². The minimum absolute atomic E-state index is 0.216. The van der Waals surface area contributed by atoms with Crippen LogP contribution in [0.5, 0.6) is 0 Å². The molecule has 1 aromatic rings. The normalized spacial score (nSPS) is 12.4. The molecule has 0 heterocycles. The van der Waals surface area contributed by atoms with E-state index < -0.39 is 8.32 Å². The predicted octanol–water partition coefficient (Wildman–Crippen LogP) is 7.54. The van der Waals surface area contributed by atoms with Crippen LogP contribution in [0.4, 0.5) is 0 Å². The molecule has 0 fully saturated rings. The van der Waals surface area contributed by atoms with E-state index in [2.05, 4.69) is 46.0 Å². The zero-order chi connectivity index (χ0) is 21.6. The molecule has 0 aromatic heterocycles. The number of hydrogen-bond acceptors (Lipinski definition) is 3. The summed E-state index contributed by atoms with van der Waals surface area (Å²) in [5.74, 6) is -0.216. The van der Waals surface area contributed by atoms with Crippen LogP contribution in [0, 0.1) is 0 Å². The van der Waals surface area contributed by atoms with Gasteiger partial charge >= 0.3 is 5.97 Å². The molecule has 0 saturated heterocycles. The fraction of sp³-hybridized carbons (Fsp3) is 0.640. The second kappa shape index (κ2) is 13.8. The Morgan fingerprint density at radius 3 is 2.10 bits per heavy atom. The molecule has 0 amide bonds. The molecule has 0 unspecified atom stereocenters. The Morgan fingerprint density at radius 1 is 0.862 bits per heavy atom. The van der Waals surface area contributed by atoms with Crippen molar-refractivity contribution in [1.29, 1.82) is 0 Å². The number of unbranched alkanes of at least 4 members (excludes halogenated alkanes) is 6. The van der Waals surface area contributed by atoms with Gasteiger partial charge in [-0.05, 0) is 55.9 Å². The first-order chi connectivity index (χ1) is 13.7. The van der Waals surface area contributed by atoms with Crippen LogP contribution in [0.2, 0.25) is 18.1 Å². The number of rotatable bonds is 14. The molecule has 0 bridgehead atoms. The van der Waals surface area contributed by atoms with Crippen molar-refractivity contribution in [2.45, 2.75) is 90.3 Å². The molecule has 164 valence electrons. The molecule has 0 aliphatic carbocycles. The number of hydrogen-bond donors (Lipinski definition) is 0. The Morgan fingerprint density at radius 2 is 1.45 bits per heavy atom. The first kappa shape index (κ1) is 25.6. The lowest BCUT2D eigenvalue weighted by molar-refractivity contribution is 0.0497. The number of esters is 1. The van der Waals surface area contributed by atoms with E-state index >= 15 is 0 Å². The van der Waals surface area contributed by atoms with Crippen LogP contribution in [0.1, 0.15) is 82.5 Å². The second-order valence-electron chi connectivity index (χ2n) is 9.28. The van der Waals surface area contributed by atoms with Gasteiger partial charge in [-0.3, -0.25) is 0 Å². The summed E-state index contributed by atoms with van der Waals surface area (Å²) in [6, 6.07) is 9.19. The van der Waals surface area contributed by atoms with Crippen molar-refractivity contribution in [3.05, 3.63) is 48.0 Å². The molecule has 0 saturated carbocycles. The molecule has 1 aromatic carbocycles. The summed E-state index contributed by atoms with van der Waals surface area (Å²) in [5.41, 5.74) is 0.632. The first-order valence-corrected chi connectivity index (χ1v) is 14.2. The van der Waals surface area contributed by atoms with Gasteiger partial charge in [0.25, 0.3) is 0 Å². The SMILES string of the molecule is CC(C)(C)[Si](C)(C)OCC/C=C/CCCCCCCCOC(=O)c1ccccc1. The van der Waals surface area contributed by atoms with Crippen molar-refractivity contribution in [2.24, 2.45) is 0 Å². The summed E-state index contributed by atoms with van der Waals surface area (Å²) in [6.07, 6.45) is 13.8. The van der Waals surface area contributed by atoms with Gasteiger partial charge in [0.05, 0.1) is 12.2 Å². The van der Waals surface area contributed by atoms with Crippen LogP contribution in [-0.2, 0) is 9.16 Å². The third-order valence-electron chi connectivity index (χ3n) is 5.73. The highest BCUT2D eigenvalue weighted by Gasteiger charge is 2.36. The second-order valence-corrected chi connectivity index (χ2v) is 14.1. The third-order valence-corrected chi connectivity index (χ3v) is 10.3. The first-order valence-electron chi connectivity index (χ1n) is 11.3. The maximum atomic E-state index is 11.8. The van der Waals surface area contributed by atoms with Gasteiger partial charge in [-0.15, -0.1) is 0 Å². The van der Waals surface area contributed by atoms with E-state index in [1.807, 2.05) is 18.2 Å². The molecule has 3 nitrogen and oxygen atoms in total. The Hall–Kier alpha value is -1.39. The van der Waals surface area contributed by atoms with Crippen molar-refractivity contribution >= 4 is 14.3 Å². The van der Waals surface area contributed by atoms with Crippen molar-refractivity contribution in [3.8, 4) is 0 Å². The van der Waals surface area contributed by atoms with Crippen molar-refractivity contribution in [3.63, 3.8) is 0 Å². The van der Waals surface area contributed by atoms with Gasteiger partial charge in [0.2, 0.25) is 0 Å². The average Bonchev–Trinajstić information content (AvgIpc) is 2.67. The van der Waals surface area contributed by atoms with Crippen LogP contribution < -0.4 is 0 Å². The average molecular weight is 419 g/mol. The van der Waals surface area contributed by atoms with Crippen LogP contribution in [0.15, 0.2) is 42.5 Å². The Labute approximate surface area is 180 Å². The summed E-state index contributed by atoms with van der Waals surface area (Å²) in [5, 5.41) is 0.292. The number of carbonyl (C=O) groups is 1. The maximum Gasteiger partial charge on any atom is 0.338 e. The number of allylic oxidation sites excluding steroid dienone is 1. The lowest BCUT2D eigenvalue weighted by atomic mass is 10.1. The lowest BCUT2D eigenvalue weighted by Crippen LogP contribution is -2.40. The van der Waals surface area contributed by atoms with Crippen molar-refractivity contribution < 1.29 is 14.0 Å². The highest BCUT2D eigenvalue weighted by atomic mass is 28.4. The fourth-order valence-corrected chi connectivity index (χ4v) is 3.79. The third kappa shape index (κ3) is 11.4. The minimum atomic E-state index is -1.59. The molecule has 0 radical (unpaired) electrons. The number of benzene rings is 1. The van der Waals surface area contributed by atoms with E-state index in [1.165, 1.54) is 25.7 Å². The smallest absolute Gasteiger partial charge is 0.338 e. The topological polar surface area (TPSA) is 35.5 Å². The molecule has 0 aliphatic rings. The van der Waals surface area contributed by atoms with Crippen LogP contribution in [0.25, 0.3) is 0 Å². The highest BCUT2D eigenvalue weighted by molar-refractivity contribution is 6.74. The van der Waals surface area contributed by atoms with Crippen LogP contribution in [-0.4, -0.2) is 27.5 Å². The summed E-state index contributed by atoms with van der Waals surface area (Å²) < 4.78 is 11.5. The standard InChI is InChI=1S/C25H42O3Si/c1-25(2,3)29(4,5)28-22-18-13-11-9-7-6-8-10-12-17-21-27-24(26)23-19-15-14-16-20-23/h11,13-16,19-20H,6-10,12,17-18,21-22H2,1-5H3/b13-11+. The van der Waals surface area contributed by atoms with Crippen molar-refractivity contribution in [1.82, 2.24) is 0 Å². The fourth-order valence-electron chi connectivity index (χ4n) is 2.73. The zero-order valence-corrected chi connectivity index (χ0v) is 20.3. The minimum Gasteiger partial charge on any atom is -0.462 e. The largest absolute Gasteiger partial charge is 0.462 e. The van der Waals surface area contributed by atoms with Gasteiger partial charge < -0.3 is 9.16 Å². The summed E-state index contributed by atoms with van der Waals surface area (Å²) in [6.45, 7) is 12.8. The van der Waals surface area contributed by atoms with Crippen LogP contribution >= 0.6 is 0 Å². The van der Waals surface area contributed by atoms with E-state index in [1.54, 1.807) is 12.1 Å². The predicted molar refractivity (Wildman–Crippen MR) is 126 cm³/mol. The van der Waals surface area contributed by atoms with Gasteiger partial charge in [0.15, 0.2) is 8.32 Å². The molecule has 29 heavy (non-hydrogen) atoms. The maximum absolute atomic E-state index is 11.8. The Kier molecular flexibility index (Phi) is 12.2. The summed E-state index contributed by atoms with van der Waals surface area (Å²) in [7, 11) is -1.59. The Balaban J connectivity index is 1.91. The lowest BCUT2D eigenvalue weighted by Gasteiger charge is -2.36. The monoisotopic (exact) mass is 418 g/mol. The van der Waals surface area contributed by atoms with E-state index in [9.17, 15) is 4.79 Å². The summed E-state index contributed by atoms with van der Waals surface area (Å²) in [4.78, 5) is 11.8. The van der Waals surface area contributed by atoms with Gasteiger partial charge in [0, 0.05) is 6.61 Å². The molecule has 0 atom stereocenters. The van der Waals surface area contributed by atoms with E-state index in [-0.39, 0.29) is 5.97 Å². The van der Waals surface area contributed by atoms with Gasteiger partial charge in [0.1, 0.15) is 0 Å². The van der Waals surface area contributed by atoms with Gasteiger partial charge in [-0.2, -0.15) is 0 Å². The molecular formula is C25H42O3Si. The quantitative estimate of drug-likeness (QED) is 0.135. The molecule has 1 rings (SSSR count). The number of ether oxygens (including phenoxy) is 1. The molecule has 0 aliphatic heterocycles. The van der Waals surface area contributed by atoms with E-state index in [0.717, 1.165) is 32.3 Å². The number of carbonyl (C=O) groups excluding carboxylic acids is 1. The molecule has 0 N–H and O–H groups in total. The molecule has 4 heteroatoms. The highest BCUT2D eigenvalue weighted by Crippen LogP contribution is 2.36. The van der Waals surface area contributed by atoms with Crippen molar-refractivity contribution in [2.75, 3.05) is 13.2 Å². The van der Waals surface area contributed by atoms with Gasteiger partial charge in [-0.25, -0.2) is 4.79 Å². The van der Waals surface area contributed by atoms with Gasteiger partial charge in [-0.1, -0.05) is 76.8 Å². The van der Waals surface area contributed by atoms with E-state index in [4.69, 9.17) is 9.16 Å². The summed E-state index contributed by atoms with van der Waals surface area (Å²) >= 11 is 0. The molecular weight excluding hydrogens is 376 g/mol. The van der Waals surface area contributed by atoms with Crippen LogP contribution in [0.3, 0.4) is 0 Å².